The molecule has 3 aromatic rings. The Hall–Kier alpha value is -3.12. The summed E-state index contributed by atoms with van der Waals surface area (Å²) in [5.74, 6) is 1.41. The predicted octanol–water partition coefficient (Wildman–Crippen LogP) is 7.27. The lowest BCUT2D eigenvalue weighted by Gasteiger charge is -2.38. The van der Waals surface area contributed by atoms with Crippen molar-refractivity contribution in [1.82, 2.24) is 15.1 Å². The molecule has 1 heterocycles. The molecule has 4 atom stereocenters. The van der Waals surface area contributed by atoms with Crippen LogP contribution in [0.2, 0.25) is 0 Å². The SMILES string of the molecule is COc1ccc(C2CCC(C(NC(=O)C3CCCCC3)c3cccc(-c4cnn(C5CCC5)c4)c3)CC2O)cc1C. The second-order valence-corrected chi connectivity index (χ2v) is 12.7. The Kier molecular flexibility index (Phi) is 8.47. The van der Waals surface area contributed by atoms with Crippen molar-refractivity contribution < 1.29 is 14.6 Å². The lowest BCUT2D eigenvalue weighted by atomic mass is 9.72. The van der Waals surface area contributed by atoms with Gasteiger partial charge in [-0.3, -0.25) is 9.48 Å². The molecule has 0 bridgehead atoms. The fraction of sp³-hybridized carbons (Fsp3) is 0.543. The summed E-state index contributed by atoms with van der Waals surface area (Å²) in [7, 11) is 1.69. The van der Waals surface area contributed by atoms with Crippen molar-refractivity contribution in [3.63, 3.8) is 0 Å². The molecule has 1 aromatic heterocycles. The van der Waals surface area contributed by atoms with Crippen molar-refractivity contribution in [3.8, 4) is 16.9 Å². The normalized spacial score (nSPS) is 24.4. The number of amides is 1. The third-order valence-corrected chi connectivity index (χ3v) is 10.1. The third-order valence-electron chi connectivity index (χ3n) is 10.1. The first-order valence-electron chi connectivity index (χ1n) is 15.8. The van der Waals surface area contributed by atoms with E-state index in [1.807, 2.05) is 12.3 Å². The van der Waals surface area contributed by atoms with Gasteiger partial charge < -0.3 is 15.2 Å². The van der Waals surface area contributed by atoms with Gasteiger partial charge in [0.25, 0.3) is 0 Å². The Bertz CT molecular complexity index is 1340. The van der Waals surface area contributed by atoms with E-state index in [1.54, 1.807) is 7.11 Å². The van der Waals surface area contributed by atoms with Crippen LogP contribution in [0.15, 0.2) is 54.9 Å². The molecule has 218 valence electrons. The van der Waals surface area contributed by atoms with E-state index in [9.17, 15) is 9.90 Å². The minimum absolute atomic E-state index is 0.0919. The summed E-state index contributed by atoms with van der Waals surface area (Å²) in [6, 6.07) is 15.3. The van der Waals surface area contributed by atoms with E-state index in [0.717, 1.165) is 66.5 Å². The van der Waals surface area contributed by atoms with Crippen molar-refractivity contribution in [3.05, 3.63) is 71.5 Å². The van der Waals surface area contributed by atoms with Gasteiger partial charge in [0.05, 0.1) is 31.5 Å². The first-order chi connectivity index (χ1) is 20.0. The maximum atomic E-state index is 13.6. The number of carbonyl (C=O) groups excluding carboxylic acids is 1. The highest BCUT2D eigenvalue weighted by Crippen LogP contribution is 2.43. The van der Waals surface area contributed by atoms with E-state index < -0.39 is 6.10 Å². The van der Waals surface area contributed by atoms with Crippen LogP contribution >= 0.6 is 0 Å². The predicted molar refractivity (Wildman–Crippen MR) is 162 cm³/mol. The largest absolute Gasteiger partial charge is 0.496 e. The zero-order chi connectivity index (χ0) is 28.3. The molecule has 3 saturated carbocycles. The fourth-order valence-corrected chi connectivity index (χ4v) is 7.36. The summed E-state index contributed by atoms with van der Waals surface area (Å²) in [5.41, 5.74) is 5.64. The molecule has 0 saturated heterocycles. The van der Waals surface area contributed by atoms with Gasteiger partial charge in [-0.05, 0) is 98.6 Å². The van der Waals surface area contributed by atoms with Crippen LogP contribution in [0, 0.1) is 18.8 Å². The molecule has 3 aliphatic rings. The summed E-state index contributed by atoms with van der Waals surface area (Å²) in [4.78, 5) is 13.6. The Morgan fingerprint density at radius 1 is 1.00 bits per heavy atom. The maximum absolute atomic E-state index is 13.6. The van der Waals surface area contributed by atoms with Crippen molar-refractivity contribution in [1.29, 1.82) is 0 Å². The van der Waals surface area contributed by atoms with Crippen LogP contribution in [0.3, 0.4) is 0 Å². The highest BCUT2D eigenvalue weighted by Gasteiger charge is 2.36. The minimum Gasteiger partial charge on any atom is -0.496 e. The summed E-state index contributed by atoms with van der Waals surface area (Å²) in [5, 5.41) is 19.6. The number of rotatable bonds is 8. The standard InChI is InChI=1S/C35H45N3O3/c1-23-18-26(15-17-33(23)41-2)31-16-14-28(20-32(31)39)34(37-35(40)24-8-4-3-5-9-24)27-11-6-10-25(19-27)29-21-36-38(22-29)30-12-7-13-30/h6,10-11,15,17-19,21-22,24,28,30-32,34,39H,3-5,7-9,12-14,16,20H2,1-2H3,(H,37,40). The van der Waals surface area contributed by atoms with E-state index in [2.05, 4.69) is 64.6 Å². The molecule has 41 heavy (non-hydrogen) atoms. The third kappa shape index (κ3) is 6.08. The number of hydrogen-bond donors (Lipinski definition) is 2. The molecule has 0 radical (unpaired) electrons. The average molecular weight is 556 g/mol. The van der Waals surface area contributed by atoms with Crippen LogP contribution in [-0.4, -0.2) is 34.0 Å². The molecular weight excluding hydrogens is 510 g/mol. The quantitative estimate of drug-likeness (QED) is 0.306. The summed E-state index contributed by atoms with van der Waals surface area (Å²) < 4.78 is 7.57. The number of aliphatic hydroxyl groups is 1. The van der Waals surface area contributed by atoms with E-state index in [4.69, 9.17) is 4.74 Å². The van der Waals surface area contributed by atoms with Gasteiger partial charge in [-0.2, -0.15) is 5.10 Å². The van der Waals surface area contributed by atoms with Crippen LogP contribution in [-0.2, 0) is 4.79 Å². The molecule has 4 unspecified atom stereocenters. The van der Waals surface area contributed by atoms with Gasteiger partial charge in [0, 0.05) is 23.6 Å². The van der Waals surface area contributed by atoms with E-state index in [0.29, 0.717) is 12.5 Å². The van der Waals surface area contributed by atoms with Gasteiger partial charge >= 0.3 is 0 Å². The zero-order valence-electron chi connectivity index (χ0n) is 24.6. The van der Waals surface area contributed by atoms with Crippen molar-refractivity contribution in [2.24, 2.45) is 11.8 Å². The van der Waals surface area contributed by atoms with Gasteiger partial charge in [-0.25, -0.2) is 0 Å². The smallest absolute Gasteiger partial charge is 0.223 e. The van der Waals surface area contributed by atoms with Gasteiger partial charge in [0.15, 0.2) is 0 Å². The van der Waals surface area contributed by atoms with Gasteiger partial charge in [-0.15, -0.1) is 0 Å². The summed E-state index contributed by atoms with van der Waals surface area (Å²) in [6.45, 7) is 2.06. The van der Waals surface area contributed by atoms with Crippen LogP contribution < -0.4 is 10.1 Å². The number of hydrogen-bond acceptors (Lipinski definition) is 4. The lowest BCUT2D eigenvalue weighted by Crippen LogP contribution is -2.41. The van der Waals surface area contributed by atoms with Gasteiger partial charge in [0.2, 0.25) is 5.91 Å². The maximum Gasteiger partial charge on any atom is 0.223 e. The van der Waals surface area contributed by atoms with E-state index >= 15 is 0 Å². The highest BCUT2D eigenvalue weighted by molar-refractivity contribution is 5.79. The monoisotopic (exact) mass is 555 g/mol. The molecular formula is C35H45N3O3. The Morgan fingerprint density at radius 3 is 2.54 bits per heavy atom. The Morgan fingerprint density at radius 2 is 1.83 bits per heavy atom. The topological polar surface area (TPSA) is 76.4 Å². The first kappa shape index (κ1) is 28.0. The molecule has 6 nitrogen and oxygen atoms in total. The van der Waals surface area contributed by atoms with Crippen molar-refractivity contribution >= 4 is 5.91 Å². The molecule has 3 aliphatic carbocycles. The molecule has 0 aliphatic heterocycles. The van der Waals surface area contributed by atoms with Gasteiger partial charge in [-0.1, -0.05) is 49.6 Å². The number of aryl methyl sites for hydroxylation is 1. The molecule has 1 amide bonds. The number of aliphatic hydroxyl groups excluding tert-OH is 1. The second-order valence-electron chi connectivity index (χ2n) is 12.7. The summed E-state index contributed by atoms with van der Waals surface area (Å²) in [6.07, 6.45) is 15.3. The zero-order valence-corrected chi connectivity index (χ0v) is 24.6. The summed E-state index contributed by atoms with van der Waals surface area (Å²) >= 11 is 0. The number of ether oxygens (including phenoxy) is 1. The average Bonchev–Trinajstić information content (AvgIpc) is 3.45. The van der Waals surface area contributed by atoms with Crippen LogP contribution in [0.1, 0.15) is 105 Å². The second kappa shape index (κ2) is 12.4. The lowest BCUT2D eigenvalue weighted by molar-refractivity contribution is -0.127. The number of nitrogens with one attached hydrogen (secondary N) is 1. The minimum atomic E-state index is -0.459. The molecule has 2 N–H and O–H groups in total. The number of aromatic nitrogens is 2. The Labute approximate surface area is 244 Å². The number of methoxy groups -OCH3 is 1. The number of carbonyl (C=O) groups is 1. The highest BCUT2D eigenvalue weighted by atomic mass is 16.5. The first-order valence-corrected chi connectivity index (χ1v) is 15.8. The van der Waals surface area contributed by atoms with Crippen LogP contribution in [0.5, 0.6) is 5.75 Å². The number of nitrogens with zero attached hydrogens (tertiary/aromatic N) is 2. The fourth-order valence-electron chi connectivity index (χ4n) is 7.36. The van der Waals surface area contributed by atoms with Crippen molar-refractivity contribution in [2.75, 3.05) is 7.11 Å². The van der Waals surface area contributed by atoms with Crippen molar-refractivity contribution in [2.45, 2.75) is 102 Å². The molecule has 6 rings (SSSR count). The van der Waals surface area contributed by atoms with Gasteiger partial charge in [0.1, 0.15) is 5.75 Å². The molecule has 3 fully saturated rings. The van der Waals surface area contributed by atoms with E-state index in [1.165, 1.54) is 31.2 Å². The van der Waals surface area contributed by atoms with Crippen LogP contribution in [0.4, 0.5) is 0 Å². The number of benzene rings is 2. The molecule has 6 heteroatoms. The molecule has 0 spiro atoms. The van der Waals surface area contributed by atoms with E-state index in [-0.39, 0.29) is 29.7 Å². The molecule has 2 aromatic carbocycles. The Balaban J connectivity index is 1.24. The van der Waals surface area contributed by atoms with Crippen LogP contribution in [0.25, 0.3) is 11.1 Å².